The van der Waals surface area contributed by atoms with Gasteiger partial charge >= 0.3 is 0 Å². The molecule has 148 valence electrons. The Morgan fingerprint density at radius 1 is 1.03 bits per heavy atom. The Kier molecular flexibility index (Phi) is 5.16. The van der Waals surface area contributed by atoms with Crippen molar-refractivity contribution in [3.05, 3.63) is 94.0 Å². The zero-order valence-electron chi connectivity index (χ0n) is 16.1. The maximum absolute atomic E-state index is 14.7. The Labute approximate surface area is 168 Å². The van der Waals surface area contributed by atoms with E-state index >= 15 is 0 Å². The zero-order chi connectivity index (χ0) is 20.5. The summed E-state index contributed by atoms with van der Waals surface area (Å²) in [5.74, 6) is -1.70. The molecule has 0 atom stereocenters. The van der Waals surface area contributed by atoms with Gasteiger partial charge in [-0.25, -0.2) is 8.78 Å². The molecule has 0 fully saturated rings. The van der Waals surface area contributed by atoms with E-state index in [2.05, 4.69) is 17.4 Å². The molecule has 29 heavy (non-hydrogen) atoms. The van der Waals surface area contributed by atoms with Crippen molar-refractivity contribution in [2.75, 3.05) is 0 Å². The van der Waals surface area contributed by atoms with Crippen LogP contribution in [0.15, 0.2) is 54.6 Å². The first-order chi connectivity index (χ1) is 13.9. The molecule has 0 saturated carbocycles. The number of nitrogens with two attached hydrogens (primary N) is 1. The summed E-state index contributed by atoms with van der Waals surface area (Å²) in [7, 11) is 0. The van der Waals surface area contributed by atoms with Gasteiger partial charge in [-0.2, -0.15) is 0 Å². The molecule has 1 aliphatic carbocycles. The topological polar surface area (TPSA) is 55.1 Å². The van der Waals surface area contributed by atoms with Crippen molar-refractivity contribution in [1.82, 2.24) is 5.32 Å². The van der Waals surface area contributed by atoms with Crippen LogP contribution in [-0.2, 0) is 19.4 Å². The number of rotatable bonds is 5. The lowest BCUT2D eigenvalue weighted by atomic mass is 9.96. The van der Waals surface area contributed by atoms with Crippen LogP contribution in [0.1, 0.15) is 32.6 Å². The predicted octanol–water partition coefficient (Wildman–Crippen LogP) is 4.30. The van der Waals surface area contributed by atoms with Crippen molar-refractivity contribution in [1.29, 1.82) is 0 Å². The number of nitrogens with one attached hydrogen (secondary N) is 1. The summed E-state index contributed by atoms with van der Waals surface area (Å²) < 4.78 is 29.4. The van der Waals surface area contributed by atoms with Crippen LogP contribution < -0.4 is 11.1 Å². The third-order valence-corrected chi connectivity index (χ3v) is 5.58. The number of primary amides is 1. The van der Waals surface area contributed by atoms with Crippen molar-refractivity contribution in [3.8, 4) is 11.1 Å². The van der Waals surface area contributed by atoms with E-state index in [-0.39, 0.29) is 18.2 Å². The van der Waals surface area contributed by atoms with Gasteiger partial charge in [-0.05, 0) is 71.8 Å². The molecule has 4 rings (SSSR count). The highest BCUT2D eigenvalue weighted by atomic mass is 19.1. The summed E-state index contributed by atoms with van der Waals surface area (Å²) in [4.78, 5) is 11.3. The maximum Gasteiger partial charge on any atom is 0.248 e. The van der Waals surface area contributed by atoms with Gasteiger partial charge in [0.15, 0.2) is 0 Å². The van der Waals surface area contributed by atoms with E-state index in [4.69, 9.17) is 5.73 Å². The molecule has 0 spiro atoms. The van der Waals surface area contributed by atoms with Gasteiger partial charge in [0, 0.05) is 23.7 Å². The largest absolute Gasteiger partial charge is 0.366 e. The van der Waals surface area contributed by atoms with E-state index in [1.807, 2.05) is 12.1 Å². The van der Waals surface area contributed by atoms with E-state index in [0.717, 1.165) is 18.4 Å². The van der Waals surface area contributed by atoms with Crippen molar-refractivity contribution in [3.63, 3.8) is 0 Å². The van der Waals surface area contributed by atoms with Crippen LogP contribution in [0.5, 0.6) is 0 Å². The number of hydrogen-bond donors (Lipinski definition) is 2. The lowest BCUT2D eigenvalue weighted by Crippen LogP contribution is -2.29. The van der Waals surface area contributed by atoms with Gasteiger partial charge in [-0.3, -0.25) is 4.79 Å². The highest BCUT2D eigenvalue weighted by molar-refractivity contribution is 5.93. The summed E-state index contributed by atoms with van der Waals surface area (Å²) >= 11 is 0. The second-order valence-electron chi connectivity index (χ2n) is 7.57. The normalized spacial score (nSPS) is 13.5. The molecule has 0 saturated heterocycles. The van der Waals surface area contributed by atoms with Gasteiger partial charge in [0.05, 0.1) is 0 Å². The van der Waals surface area contributed by atoms with Gasteiger partial charge in [-0.15, -0.1) is 0 Å². The second kappa shape index (κ2) is 7.76. The minimum Gasteiger partial charge on any atom is -0.366 e. The first-order valence-corrected chi connectivity index (χ1v) is 9.61. The number of carbonyl (C=O) groups is 1. The van der Waals surface area contributed by atoms with Crippen LogP contribution in [0.2, 0.25) is 0 Å². The fraction of sp³-hybridized carbons (Fsp3) is 0.208. The molecular weight excluding hydrogens is 370 g/mol. The number of fused-ring (bicyclic) bond motifs is 1. The van der Waals surface area contributed by atoms with Crippen LogP contribution in [-0.4, -0.2) is 11.9 Å². The Morgan fingerprint density at radius 3 is 2.21 bits per heavy atom. The number of halogens is 2. The molecule has 0 unspecified atom stereocenters. The fourth-order valence-electron chi connectivity index (χ4n) is 4.02. The Balaban J connectivity index is 1.52. The minimum absolute atomic E-state index is 0.0381. The van der Waals surface area contributed by atoms with E-state index < -0.39 is 17.5 Å². The van der Waals surface area contributed by atoms with Crippen molar-refractivity contribution < 1.29 is 13.6 Å². The molecule has 0 heterocycles. The third kappa shape index (κ3) is 3.91. The summed E-state index contributed by atoms with van der Waals surface area (Å²) in [6, 6.07) is 15.9. The average Bonchev–Trinajstić information content (AvgIpc) is 3.10. The molecule has 3 aromatic rings. The van der Waals surface area contributed by atoms with Crippen LogP contribution in [0.25, 0.3) is 11.1 Å². The van der Waals surface area contributed by atoms with Crippen molar-refractivity contribution in [2.24, 2.45) is 5.73 Å². The van der Waals surface area contributed by atoms with Crippen LogP contribution >= 0.6 is 0 Å². The van der Waals surface area contributed by atoms with E-state index in [1.165, 1.54) is 23.3 Å². The Morgan fingerprint density at radius 2 is 1.66 bits per heavy atom. The number of carbonyl (C=O) groups excluding carboxylic acids is 1. The first kappa shape index (κ1) is 19.3. The summed E-state index contributed by atoms with van der Waals surface area (Å²) in [5, 5.41) is 3.29. The highest BCUT2D eigenvalue weighted by Gasteiger charge is 2.21. The predicted molar refractivity (Wildman–Crippen MR) is 110 cm³/mol. The lowest BCUT2D eigenvalue weighted by Gasteiger charge is -2.15. The number of aryl methyl sites for hydroxylation is 1. The molecule has 0 bridgehead atoms. The van der Waals surface area contributed by atoms with Gasteiger partial charge in [0.2, 0.25) is 5.91 Å². The molecule has 3 N–H and O–H groups in total. The maximum atomic E-state index is 14.7. The number of amides is 1. The quantitative estimate of drug-likeness (QED) is 0.680. The van der Waals surface area contributed by atoms with Gasteiger partial charge < -0.3 is 11.1 Å². The smallest absolute Gasteiger partial charge is 0.248 e. The molecular formula is C24H22F2N2O. The van der Waals surface area contributed by atoms with E-state index in [0.29, 0.717) is 16.7 Å². The zero-order valence-corrected chi connectivity index (χ0v) is 16.1. The third-order valence-electron chi connectivity index (χ3n) is 5.58. The minimum atomic E-state index is -0.582. The van der Waals surface area contributed by atoms with Crippen molar-refractivity contribution in [2.45, 2.75) is 32.4 Å². The molecule has 0 radical (unpaired) electrons. The van der Waals surface area contributed by atoms with Gasteiger partial charge in [0.1, 0.15) is 11.6 Å². The molecule has 1 amide bonds. The highest BCUT2D eigenvalue weighted by Crippen LogP contribution is 2.28. The van der Waals surface area contributed by atoms with Gasteiger partial charge in [-0.1, -0.05) is 30.3 Å². The van der Waals surface area contributed by atoms with E-state index in [9.17, 15) is 13.6 Å². The van der Waals surface area contributed by atoms with Crippen LogP contribution in [0, 0.1) is 18.6 Å². The van der Waals surface area contributed by atoms with Crippen LogP contribution in [0.4, 0.5) is 8.78 Å². The van der Waals surface area contributed by atoms with Crippen LogP contribution in [0.3, 0.4) is 0 Å². The Bertz CT molecular complexity index is 1050. The molecule has 0 aliphatic heterocycles. The van der Waals surface area contributed by atoms with E-state index in [1.54, 1.807) is 25.1 Å². The molecule has 3 aromatic carbocycles. The summed E-state index contributed by atoms with van der Waals surface area (Å²) in [6.45, 7) is 1.92. The molecule has 5 heteroatoms. The average molecular weight is 392 g/mol. The fourth-order valence-corrected chi connectivity index (χ4v) is 4.02. The molecule has 1 aliphatic rings. The SMILES string of the molecule is Cc1cc(C(N)=O)ccc1-c1cc(F)c(CNC2Cc3ccccc3C2)c(F)c1. The summed E-state index contributed by atoms with van der Waals surface area (Å²) in [6.07, 6.45) is 1.73. The number of benzene rings is 3. The molecule has 3 nitrogen and oxygen atoms in total. The Hall–Kier alpha value is -3.05. The molecule has 0 aromatic heterocycles. The number of hydrogen-bond acceptors (Lipinski definition) is 2. The van der Waals surface area contributed by atoms with Gasteiger partial charge in [0.25, 0.3) is 0 Å². The second-order valence-corrected chi connectivity index (χ2v) is 7.57. The monoisotopic (exact) mass is 392 g/mol. The summed E-state index contributed by atoms with van der Waals surface area (Å²) in [5.41, 5.74) is 10.1. The standard InChI is InChI=1S/C24H22F2N2O/c1-14-8-17(24(27)29)6-7-20(14)18-11-22(25)21(23(26)12-18)13-28-19-9-15-4-2-3-5-16(15)10-19/h2-8,11-12,19,28H,9-10,13H2,1H3,(H2,27,29). The lowest BCUT2D eigenvalue weighted by molar-refractivity contribution is 0.1000. The van der Waals surface area contributed by atoms with Crippen molar-refractivity contribution >= 4 is 5.91 Å². The first-order valence-electron chi connectivity index (χ1n) is 9.61.